The topological polar surface area (TPSA) is 65.6 Å². The van der Waals surface area contributed by atoms with Gasteiger partial charge in [0, 0.05) is 30.4 Å². The summed E-state index contributed by atoms with van der Waals surface area (Å²) in [6.07, 6.45) is 5.45. The van der Waals surface area contributed by atoms with E-state index in [9.17, 15) is 4.79 Å². The number of amides is 1. The predicted octanol–water partition coefficient (Wildman–Crippen LogP) is -2.11. The summed E-state index contributed by atoms with van der Waals surface area (Å²) in [5.41, 5.74) is 4.01. The first-order valence-electron chi connectivity index (χ1n) is 6.04. The minimum Gasteiger partial charge on any atom is -1.00 e. The maximum atomic E-state index is 11.7. The van der Waals surface area contributed by atoms with Crippen LogP contribution in [0.25, 0.3) is 0 Å². The Morgan fingerprint density at radius 3 is 2.29 bits per heavy atom. The molecule has 1 heterocycles. The van der Waals surface area contributed by atoms with Crippen LogP contribution in [-0.2, 0) is 7.05 Å². The van der Waals surface area contributed by atoms with E-state index in [0.29, 0.717) is 5.56 Å². The minimum atomic E-state index is -0.215. The lowest BCUT2D eigenvalue weighted by atomic mass is 10.2. The molecule has 2 aromatic rings. The number of benzene rings is 1. The van der Waals surface area contributed by atoms with Crippen molar-refractivity contribution in [3.8, 4) is 0 Å². The number of hydrazone groups is 1. The van der Waals surface area contributed by atoms with Crippen LogP contribution in [0.3, 0.4) is 0 Å². The Bertz CT molecular complexity index is 557. The van der Waals surface area contributed by atoms with E-state index < -0.39 is 0 Å². The number of aromatic nitrogens is 1. The van der Waals surface area contributed by atoms with Gasteiger partial charge >= 0.3 is 0 Å². The van der Waals surface area contributed by atoms with Crippen LogP contribution in [0.1, 0.15) is 15.9 Å². The summed E-state index contributed by atoms with van der Waals surface area (Å²) in [6, 6.07) is 12.8. The molecule has 0 aliphatic heterocycles. The van der Waals surface area contributed by atoms with Crippen LogP contribution in [0.2, 0.25) is 0 Å². The standard InChI is InChI=1S/C14H13N3O.CH4O.HI/c1-17-9-7-12(8-10-17)11-15-16-14(18)13-5-3-2-4-6-13;1-2;/h2-11H,1H3;2H,1H3;1H. The van der Waals surface area contributed by atoms with E-state index in [-0.39, 0.29) is 29.9 Å². The molecule has 2 rings (SSSR count). The molecule has 0 spiro atoms. The van der Waals surface area contributed by atoms with Gasteiger partial charge in [0.2, 0.25) is 0 Å². The molecule has 0 fully saturated rings. The lowest BCUT2D eigenvalue weighted by Crippen LogP contribution is -3.00. The molecule has 0 aliphatic carbocycles. The zero-order valence-electron chi connectivity index (χ0n) is 11.9. The Kier molecular flexibility index (Phi) is 9.99. The van der Waals surface area contributed by atoms with Crippen LogP contribution < -0.4 is 34.0 Å². The molecule has 1 aromatic heterocycles. The number of carbonyl (C=O) groups excluding carboxylic acids is 1. The van der Waals surface area contributed by atoms with E-state index in [1.807, 2.05) is 54.3 Å². The molecule has 5 nitrogen and oxygen atoms in total. The molecule has 112 valence electrons. The third-order valence-electron chi connectivity index (χ3n) is 2.42. The summed E-state index contributed by atoms with van der Waals surface area (Å²) in [7, 11) is 2.94. The molecular weight excluding hydrogens is 381 g/mol. The third kappa shape index (κ3) is 6.96. The first-order chi connectivity index (χ1) is 9.75. The van der Waals surface area contributed by atoms with Crippen LogP contribution in [0.15, 0.2) is 60.0 Å². The van der Waals surface area contributed by atoms with Crippen molar-refractivity contribution in [2.75, 3.05) is 7.11 Å². The number of aryl methyl sites for hydroxylation is 1. The molecule has 0 saturated carbocycles. The van der Waals surface area contributed by atoms with Gasteiger partial charge in [0.25, 0.3) is 5.91 Å². The first-order valence-corrected chi connectivity index (χ1v) is 6.04. The van der Waals surface area contributed by atoms with Crippen molar-refractivity contribution in [3.05, 3.63) is 66.0 Å². The highest BCUT2D eigenvalue weighted by molar-refractivity contribution is 5.94. The van der Waals surface area contributed by atoms with Gasteiger partial charge in [0.15, 0.2) is 12.4 Å². The number of aliphatic hydroxyl groups is 1. The number of nitrogens with one attached hydrogen (secondary N) is 1. The molecular formula is C15H18IN3O2. The first kappa shape index (κ1) is 19.2. The van der Waals surface area contributed by atoms with Crippen molar-refractivity contribution in [1.82, 2.24) is 5.43 Å². The van der Waals surface area contributed by atoms with Gasteiger partial charge in [-0.2, -0.15) is 5.10 Å². The molecule has 6 heteroatoms. The highest BCUT2D eigenvalue weighted by Crippen LogP contribution is 1.97. The Hall–Kier alpha value is -1.80. The van der Waals surface area contributed by atoms with E-state index in [0.717, 1.165) is 12.7 Å². The largest absolute Gasteiger partial charge is 1.00 e. The molecule has 0 bridgehead atoms. The number of carbonyl (C=O) groups is 1. The molecule has 0 radical (unpaired) electrons. The van der Waals surface area contributed by atoms with Crippen molar-refractivity contribution < 1.29 is 38.4 Å². The van der Waals surface area contributed by atoms with Gasteiger partial charge < -0.3 is 29.1 Å². The average molecular weight is 399 g/mol. The fraction of sp³-hybridized carbons (Fsp3) is 0.133. The molecule has 0 unspecified atom stereocenters. The lowest BCUT2D eigenvalue weighted by molar-refractivity contribution is -0.671. The second-order valence-corrected chi connectivity index (χ2v) is 3.86. The number of hydrogen-bond acceptors (Lipinski definition) is 3. The second kappa shape index (κ2) is 10.9. The van der Waals surface area contributed by atoms with Gasteiger partial charge in [0.1, 0.15) is 7.05 Å². The van der Waals surface area contributed by atoms with Crippen LogP contribution in [0.5, 0.6) is 0 Å². The predicted molar refractivity (Wildman–Crippen MR) is 77.3 cm³/mol. The minimum absolute atomic E-state index is 0. The fourth-order valence-corrected chi connectivity index (χ4v) is 1.42. The molecule has 1 amide bonds. The number of pyridine rings is 1. The van der Waals surface area contributed by atoms with Crippen molar-refractivity contribution in [1.29, 1.82) is 0 Å². The monoisotopic (exact) mass is 399 g/mol. The van der Waals surface area contributed by atoms with E-state index in [1.165, 1.54) is 0 Å². The van der Waals surface area contributed by atoms with E-state index in [2.05, 4.69) is 10.5 Å². The molecule has 0 saturated heterocycles. The summed E-state index contributed by atoms with van der Waals surface area (Å²) in [6.45, 7) is 0. The average Bonchev–Trinajstić information content (AvgIpc) is 2.52. The fourth-order valence-electron chi connectivity index (χ4n) is 1.42. The van der Waals surface area contributed by atoms with Crippen molar-refractivity contribution in [3.63, 3.8) is 0 Å². The van der Waals surface area contributed by atoms with E-state index in [1.54, 1.807) is 18.3 Å². The maximum Gasteiger partial charge on any atom is 0.271 e. The number of nitrogens with zero attached hydrogens (tertiary/aromatic N) is 2. The Morgan fingerprint density at radius 1 is 1.14 bits per heavy atom. The third-order valence-corrected chi connectivity index (χ3v) is 2.42. The summed E-state index contributed by atoms with van der Waals surface area (Å²) in [5.74, 6) is -0.215. The second-order valence-electron chi connectivity index (χ2n) is 3.86. The quantitative estimate of drug-likeness (QED) is 0.269. The molecule has 1 aromatic carbocycles. The SMILES string of the molecule is CO.C[n+]1ccc(/C=N/NC(=O)c2ccccc2)cc1.[I-]. The summed E-state index contributed by atoms with van der Waals surface area (Å²) in [5, 5.41) is 10.9. The molecule has 2 N–H and O–H groups in total. The number of aliphatic hydroxyl groups excluding tert-OH is 1. The van der Waals surface area contributed by atoms with Gasteiger partial charge in [-0.1, -0.05) is 18.2 Å². The van der Waals surface area contributed by atoms with Crippen molar-refractivity contribution in [2.45, 2.75) is 0 Å². The molecule has 0 atom stereocenters. The number of rotatable bonds is 3. The highest BCUT2D eigenvalue weighted by Gasteiger charge is 2.01. The summed E-state index contributed by atoms with van der Waals surface area (Å²) < 4.78 is 1.93. The molecule has 21 heavy (non-hydrogen) atoms. The van der Waals surface area contributed by atoms with Crippen LogP contribution in [-0.4, -0.2) is 24.3 Å². The maximum absolute atomic E-state index is 11.7. The van der Waals surface area contributed by atoms with Gasteiger partial charge in [0.05, 0.1) is 6.21 Å². The van der Waals surface area contributed by atoms with Crippen molar-refractivity contribution >= 4 is 12.1 Å². The van der Waals surface area contributed by atoms with Gasteiger partial charge in [-0.15, -0.1) is 0 Å². The summed E-state index contributed by atoms with van der Waals surface area (Å²) in [4.78, 5) is 11.7. The van der Waals surface area contributed by atoms with Gasteiger partial charge in [-0.05, 0) is 12.1 Å². The van der Waals surface area contributed by atoms with Crippen LogP contribution in [0, 0.1) is 0 Å². The van der Waals surface area contributed by atoms with Crippen LogP contribution >= 0.6 is 0 Å². The normalized spacial score (nSPS) is 9.29. The van der Waals surface area contributed by atoms with Crippen molar-refractivity contribution in [2.24, 2.45) is 12.1 Å². The zero-order valence-corrected chi connectivity index (χ0v) is 14.1. The molecule has 0 aliphatic rings. The van der Waals surface area contributed by atoms with Gasteiger partial charge in [-0.3, -0.25) is 4.79 Å². The zero-order chi connectivity index (χ0) is 14.8. The summed E-state index contributed by atoms with van der Waals surface area (Å²) >= 11 is 0. The Balaban J connectivity index is 0.00000128. The van der Waals surface area contributed by atoms with E-state index >= 15 is 0 Å². The number of hydrogen-bond donors (Lipinski definition) is 2. The Labute approximate surface area is 141 Å². The highest BCUT2D eigenvalue weighted by atomic mass is 127. The smallest absolute Gasteiger partial charge is 0.271 e. The lowest BCUT2D eigenvalue weighted by Gasteiger charge is -1.98. The Morgan fingerprint density at radius 2 is 1.71 bits per heavy atom. The number of halogens is 1. The van der Waals surface area contributed by atoms with Crippen LogP contribution in [0.4, 0.5) is 0 Å². The van der Waals surface area contributed by atoms with Gasteiger partial charge in [-0.25, -0.2) is 9.99 Å². The van der Waals surface area contributed by atoms with E-state index in [4.69, 9.17) is 5.11 Å².